The number of aromatic nitrogens is 5. The van der Waals surface area contributed by atoms with Crippen LogP contribution < -0.4 is 4.90 Å². The first kappa shape index (κ1) is 19.1. The van der Waals surface area contributed by atoms with Crippen LogP contribution >= 0.6 is 11.8 Å². The van der Waals surface area contributed by atoms with Gasteiger partial charge in [-0.15, -0.1) is 5.10 Å². The van der Waals surface area contributed by atoms with Crippen LogP contribution in [0.25, 0.3) is 12.2 Å². The van der Waals surface area contributed by atoms with Gasteiger partial charge in [0.25, 0.3) is 0 Å². The molecule has 0 radical (unpaired) electrons. The van der Waals surface area contributed by atoms with Crippen LogP contribution in [0, 0.1) is 0 Å². The maximum absolute atomic E-state index is 12.5. The first-order valence-electron chi connectivity index (χ1n) is 9.35. The predicted octanol–water partition coefficient (Wildman–Crippen LogP) is 2.21. The molecule has 4 rings (SSSR count). The first-order chi connectivity index (χ1) is 14.3. The zero-order valence-corrected chi connectivity index (χ0v) is 16.6. The average Bonchev–Trinajstić information content (AvgIpc) is 3.25. The van der Waals surface area contributed by atoms with Crippen molar-refractivity contribution in [3.63, 3.8) is 0 Å². The molecule has 1 saturated heterocycles. The molecule has 1 aromatic carbocycles. The van der Waals surface area contributed by atoms with E-state index < -0.39 is 0 Å². The standard InChI is InChI=1S/C20H21N7OS/c28-19(27-12-10-26(11-13-27)18-14-21-8-9-22-18)15-29-20-23-17(24-25-20)7-6-16-4-2-1-3-5-16/h1-9,14H,10-13,15H2,(H,23,24,25). The summed E-state index contributed by atoms with van der Waals surface area (Å²) >= 11 is 1.35. The van der Waals surface area contributed by atoms with Gasteiger partial charge in [0.05, 0.1) is 11.9 Å². The van der Waals surface area contributed by atoms with Gasteiger partial charge in [-0.05, 0) is 11.6 Å². The Labute approximate surface area is 173 Å². The Morgan fingerprint density at radius 3 is 2.69 bits per heavy atom. The number of nitrogens with zero attached hydrogens (tertiary/aromatic N) is 6. The van der Waals surface area contributed by atoms with Crippen LogP contribution in [0.15, 0.2) is 54.1 Å². The van der Waals surface area contributed by atoms with Crippen molar-refractivity contribution in [3.8, 4) is 0 Å². The minimum Gasteiger partial charge on any atom is -0.352 e. The monoisotopic (exact) mass is 407 g/mol. The third-order valence-electron chi connectivity index (χ3n) is 4.55. The van der Waals surface area contributed by atoms with E-state index in [4.69, 9.17) is 0 Å². The number of carbonyl (C=O) groups is 1. The number of piperazine rings is 1. The normalized spacial score (nSPS) is 14.5. The van der Waals surface area contributed by atoms with Gasteiger partial charge in [-0.2, -0.15) is 0 Å². The molecule has 9 heteroatoms. The van der Waals surface area contributed by atoms with Gasteiger partial charge in [0.1, 0.15) is 11.6 Å². The third-order valence-corrected chi connectivity index (χ3v) is 5.38. The van der Waals surface area contributed by atoms with Gasteiger partial charge < -0.3 is 9.80 Å². The Morgan fingerprint density at radius 1 is 1.10 bits per heavy atom. The molecule has 148 valence electrons. The summed E-state index contributed by atoms with van der Waals surface area (Å²) in [6.45, 7) is 2.86. The highest BCUT2D eigenvalue weighted by atomic mass is 32.2. The molecule has 1 aliphatic rings. The van der Waals surface area contributed by atoms with Crippen LogP contribution in [0.4, 0.5) is 5.82 Å². The second kappa shape index (κ2) is 9.33. The lowest BCUT2D eigenvalue weighted by atomic mass is 10.2. The first-order valence-corrected chi connectivity index (χ1v) is 10.3. The van der Waals surface area contributed by atoms with E-state index >= 15 is 0 Å². The molecule has 0 saturated carbocycles. The number of benzene rings is 1. The summed E-state index contributed by atoms with van der Waals surface area (Å²) in [7, 11) is 0. The highest BCUT2D eigenvalue weighted by Gasteiger charge is 2.22. The topological polar surface area (TPSA) is 90.9 Å². The molecular weight excluding hydrogens is 386 g/mol. The lowest BCUT2D eigenvalue weighted by Gasteiger charge is -2.35. The summed E-state index contributed by atoms with van der Waals surface area (Å²) in [4.78, 5) is 29.4. The molecule has 0 bridgehead atoms. The molecular formula is C20H21N7OS. The minimum atomic E-state index is 0.0972. The van der Waals surface area contributed by atoms with Crippen molar-refractivity contribution in [2.75, 3.05) is 36.8 Å². The van der Waals surface area contributed by atoms with E-state index in [1.165, 1.54) is 11.8 Å². The average molecular weight is 408 g/mol. The van der Waals surface area contributed by atoms with Crippen LogP contribution in [-0.4, -0.2) is 67.9 Å². The summed E-state index contributed by atoms with van der Waals surface area (Å²) in [6, 6.07) is 9.99. The molecule has 1 N–H and O–H groups in total. The van der Waals surface area contributed by atoms with Gasteiger partial charge in [0.15, 0.2) is 0 Å². The molecule has 1 amide bonds. The predicted molar refractivity (Wildman–Crippen MR) is 113 cm³/mol. The fourth-order valence-corrected chi connectivity index (χ4v) is 3.70. The molecule has 1 fully saturated rings. The summed E-state index contributed by atoms with van der Waals surface area (Å²) in [6.07, 6.45) is 8.94. The minimum absolute atomic E-state index is 0.0972. The quantitative estimate of drug-likeness (QED) is 0.627. The van der Waals surface area contributed by atoms with Gasteiger partial charge in [0, 0.05) is 38.6 Å². The van der Waals surface area contributed by atoms with E-state index in [2.05, 4.69) is 30.0 Å². The molecule has 29 heavy (non-hydrogen) atoms. The molecule has 0 aliphatic carbocycles. The zero-order chi connectivity index (χ0) is 19.9. The zero-order valence-electron chi connectivity index (χ0n) is 15.8. The van der Waals surface area contributed by atoms with Gasteiger partial charge in [-0.25, -0.2) is 9.97 Å². The number of carbonyl (C=O) groups excluding carboxylic acids is 1. The Balaban J connectivity index is 1.24. The number of rotatable bonds is 6. The van der Waals surface area contributed by atoms with E-state index in [0.717, 1.165) is 24.5 Å². The fourth-order valence-electron chi connectivity index (χ4n) is 2.99. The number of anilines is 1. The Hall–Kier alpha value is -3.20. The Morgan fingerprint density at radius 2 is 1.93 bits per heavy atom. The maximum Gasteiger partial charge on any atom is 0.233 e. The van der Waals surface area contributed by atoms with Crippen LogP contribution in [-0.2, 0) is 4.79 Å². The fraction of sp³-hybridized carbons (Fsp3) is 0.250. The maximum atomic E-state index is 12.5. The molecule has 0 unspecified atom stereocenters. The summed E-state index contributed by atoms with van der Waals surface area (Å²) < 4.78 is 0. The number of amides is 1. The Kier molecular flexibility index (Phi) is 6.16. The number of aromatic amines is 1. The second-order valence-corrected chi connectivity index (χ2v) is 7.41. The van der Waals surface area contributed by atoms with Crippen LogP contribution in [0.3, 0.4) is 0 Å². The lowest BCUT2D eigenvalue weighted by molar-refractivity contribution is -0.128. The van der Waals surface area contributed by atoms with Crippen molar-refractivity contribution >= 4 is 35.6 Å². The van der Waals surface area contributed by atoms with E-state index in [-0.39, 0.29) is 5.91 Å². The molecule has 3 heterocycles. The van der Waals surface area contributed by atoms with Gasteiger partial charge in [0.2, 0.25) is 11.1 Å². The number of thioether (sulfide) groups is 1. The van der Waals surface area contributed by atoms with Gasteiger partial charge >= 0.3 is 0 Å². The van der Waals surface area contributed by atoms with E-state index in [9.17, 15) is 4.79 Å². The molecule has 2 aromatic heterocycles. The van der Waals surface area contributed by atoms with Crippen molar-refractivity contribution in [1.82, 2.24) is 30.0 Å². The molecule has 3 aromatic rings. The highest BCUT2D eigenvalue weighted by Crippen LogP contribution is 2.16. The van der Waals surface area contributed by atoms with Crippen molar-refractivity contribution < 1.29 is 4.79 Å². The smallest absolute Gasteiger partial charge is 0.233 e. The number of hydrogen-bond acceptors (Lipinski definition) is 7. The third kappa shape index (κ3) is 5.20. The SMILES string of the molecule is O=C(CSc1n[nH]c(C=Cc2ccccc2)n1)N1CCN(c2cnccn2)CC1. The highest BCUT2D eigenvalue weighted by molar-refractivity contribution is 7.99. The van der Waals surface area contributed by atoms with Crippen LogP contribution in [0.5, 0.6) is 0 Å². The number of H-pyrrole nitrogens is 1. The number of nitrogens with one attached hydrogen (secondary N) is 1. The largest absolute Gasteiger partial charge is 0.352 e. The van der Waals surface area contributed by atoms with Crippen molar-refractivity contribution in [2.24, 2.45) is 0 Å². The summed E-state index contributed by atoms with van der Waals surface area (Å²) in [5.41, 5.74) is 1.09. The molecule has 0 atom stereocenters. The van der Waals surface area contributed by atoms with Crippen LogP contribution in [0.1, 0.15) is 11.4 Å². The van der Waals surface area contributed by atoms with E-state index in [1.807, 2.05) is 47.4 Å². The van der Waals surface area contributed by atoms with E-state index in [0.29, 0.717) is 29.8 Å². The second-order valence-electron chi connectivity index (χ2n) is 6.47. The number of hydrogen-bond donors (Lipinski definition) is 1. The molecule has 1 aliphatic heterocycles. The van der Waals surface area contributed by atoms with Crippen LogP contribution in [0.2, 0.25) is 0 Å². The van der Waals surface area contributed by atoms with Crippen molar-refractivity contribution in [1.29, 1.82) is 0 Å². The van der Waals surface area contributed by atoms with Crippen molar-refractivity contribution in [3.05, 3.63) is 60.3 Å². The van der Waals surface area contributed by atoms with E-state index in [1.54, 1.807) is 18.6 Å². The van der Waals surface area contributed by atoms with Crippen molar-refractivity contribution in [2.45, 2.75) is 5.16 Å². The van der Waals surface area contributed by atoms with Gasteiger partial charge in [-0.3, -0.25) is 14.9 Å². The summed E-state index contributed by atoms with van der Waals surface area (Å²) in [5, 5.41) is 7.64. The molecule has 0 spiro atoms. The Bertz CT molecular complexity index is 953. The van der Waals surface area contributed by atoms with Gasteiger partial charge in [-0.1, -0.05) is 48.2 Å². The summed E-state index contributed by atoms with van der Waals surface area (Å²) in [5.74, 6) is 1.94. The lowest BCUT2D eigenvalue weighted by Crippen LogP contribution is -2.49. The molecule has 8 nitrogen and oxygen atoms in total.